The van der Waals surface area contributed by atoms with Crippen molar-refractivity contribution in [3.63, 3.8) is 0 Å². The fourth-order valence-electron chi connectivity index (χ4n) is 3.69. The molecule has 2 aromatic rings. The van der Waals surface area contributed by atoms with Crippen LogP contribution < -0.4 is 9.47 Å². The van der Waals surface area contributed by atoms with Crippen molar-refractivity contribution in [2.24, 2.45) is 5.92 Å². The number of methoxy groups -OCH3 is 2. The maximum atomic E-state index is 12.8. The Morgan fingerprint density at radius 1 is 1.10 bits per heavy atom. The summed E-state index contributed by atoms with van der Waals surface area (Å²) in [5.74, 6) is 1.28. The first-order chi connectivity index (χ1) is 14.4. The van der Waals surface area contributed by atoms with Gasteiger partial charge in [-0.1, -0.05) is 50.2 Å². The van der Waals surface area contributed by atoms with Gasteiger partial charge >= 0.3 is 0 Å². The van der Waals surface area contributed by atoms with Crippen LogP contribution in [0, 0.1) is 17.2 Å². The van der Waals surface area contributed by atoms with Gasteiger partial charge in [-0.3, -0.25) is 4.79 Å². The second-order valence-corrected chi connectivity index (χ2v) is 7.86. The number of amides is 1. The third-order valence-corrected chi connectivity index (χ3v) is 5.82. The first-order valence-corrected chi connectivity index (χ1v) is 10.3. The lowest BCUT2D eigenvalue weighted by Gasteiger charge is -2.32. The standard InChI is InChI=1S/C25H32N2O3/c1-19(2)25(18-26,21-11-12-22(29-4)23(17-21)30-5)15-13-24(28)27(3)16-14-20-9-7-6-8-10-20/h6-12,17,19H,13-16H2,1-5H3. The molecule has 30 heavy (non-hydrogen) atoms. The highest BCUT2D eigenvalue weighted by Gasteiger charge is 2.37. The van der Waals surface area contributed by atoms with E-state index < -0.39 is 5.41 Å². The molecule has 1 amide bonds. The highest BCUT2D eigenvalue weighted by atomic mass is 16.5. The molecule has 0 fully saturated rings. The van der Waals surface area contributed by atoms with Crippen LogP contribution in [-0.2, 0) is 16.6 Å². The van der Waals surface area contributed by atoms with Crippen LogP contribution in [0.15, 0.2) is 48.5 Å². The number of likely N-dealkylation sites (N-methyl/N-ethyl adjacent to an activating group) is 1. The van der Waals surface area contributed by atoms with Gasteiger partial charge in [0.05, 0.1) is 25.7 Å². The number of rotatable bonds is 10. The molecule has 1 atom stereocenters. The summed E-state index contributed by atoms with van der Waals surface area (Å²) in [5.41, 5.74) is 1.27. The second kappa shape index (κ2) is 10.7. The van der Waals surface area contributed by atoms with Crippen LogP contribution in [0.4, 0.5) is 0 Å². The smallest absolute Gasteiger partial charge is 0.222 e. The summed E-state index contributed by atoms with van der Waals surface area (Å²) in [6, 6.07) is 18.2. The van der Waals surface area contributed by atoms with Gasteiger partial charge < -0.3 is 14.4 Å². The van der Waals surface area contributed by atoms with Crippen LogP contribution in [0.5, 0.6) is 11.5 Å². The molecule has 0 aliphatic rings. The summed E-state index contributed by atoms with van der Waals surface area (Å²) in [6.07, 6.45) is 1.57. The Bertz CT molecular complexity index is 874. The average Bonchev–Trinajstić information content (AvgIpc) is 2.78. The van der Waals surface area contributed by atoms with Gasteiger partial charge in [0.25, 0.3) is 0 Å². The van der Waals surface area contributed by atoms with Crippen molar-refractivity contribution in [3.05, 3.63) is 59.7 Å². The molecular formula is C25H32N2O3. The van der Waals surface area contributed by atoms with E-state index in [1.165, 1.54) is 5.56 Å². The number of carbonyl (C=O) groups excluding carboxylic acids is 1. The molecule has 0 N–H and O–H groups in total. The summed E-state index contributed by atoms with van der Waals surface area (Å²) in [5, 5.41) is 10.1. The van der Waals surface area contributed by atoms with Gasteiger partial charge in [-0.15, -0.1) is 0 Å². The monoisotopic (exact) mass is 408 g/mol. The van der Waals surface area contributed by atoms with Crippen LogP contribution >= 0.6 is 0 Å². The minimum atomic E-state index is -0.782. The molecule has 0 aliphatic heterocycles. The molecule has 0 aromatic heterocycles. The van der Waals surface area contributed by atoms with E-state index in [1.807, 2.05) is 57.3 Å². The zero-order valence-corrected chi connectivity index (χ0v) is 18.6. The van der Waals surface area contributed by atoms with Crippen molar-refractivity contribution in [3.8, 4) is 17.6 Å². The van der Waals surface area contributed by atoms with Gasteiger partial charge in [0, 0.05) is 20.0 Å². The topological polar surface area (TPSA) is 62.6 Å². The molecule has 0 saturated heterocycles. The van der Waals surface area contributed by atoms with Crippen molar-refractivity contribution >= 4 is 5.91 Å². The summed E-state index contributed by atoms with van der Waals surface area (Å²) < 4.78 is 10.7. The van der Waals surface area contributed by atoms with Crippen molar-refractivity contribution in [2.45, 2.75) is 38.5 Å². The lowest BCUT2D eigenvalue weighted by molar-refractivity contribution is -0.130. The number of carbonyl (C=O) groups is 1. The maximum absolute atomic E-state index is 12.8. The van der Waals surface area contributed by atoms with Crippen molar-refractivity contribution in [1.29, 1.82) is 5.26 Å². The van der Waals surface area contributed by atoms with Gasteiger partial charge in [-0.05, 0) is 42.0 Å². The van der Waals surface area contributed by atoms with E-state index >= 15 is 0 Å². The molecule has 160 valence electrons. The number of hydrogen-bond donors (Lipinski definition) is 0. The van der Waals surface area contributed by atoms with E-state index in [1.54, 1.807) is 19.1 Å². The SMILES string of the molecule is COc1ccc(C(C#N)(CCC(=O)N(C)CCc2ccccc2)C(C)C)cc1OC. The molecule has 0 spiro atoms. The number of nitriles is 1. The van der Waals surface area contributed by atoms with Crippen LogP contribution in [0.3, 0.4) is 0 Å². The lowest BCUT2D eigenvalue weighted by atomic mass is 9.69. The van der Waals surface area contributed by atoms with E-state index in [4.69, 9.17) is 9.47 Å². The fourth-order valence-corrected chi connectivity index (χ4v) is 3.69. The highest BCUT2D eigenvalue weighted by molar-refractivity contribution is 5.76. The van der Waals surface area contributed by atoms with Gasteiger partial charge in [-0.25, -0.2) is 0 Å². The third-order valence-electron chi connectivity index (χ3n) is 5.82. The van der Waals surface area contributed by atoms with Gasteiger partial charge in [0.15, 0.2) is 11.5 Å². The minimum absolute atomic E-state index is 0.0306. The molecule has 0 radical (unpaired) electrons. The molecule has 1 unspecified atom stereocenters. The van der Waals surface area contributed by atoms with E-state index in [9.17, 15) is 10.1 Å². The van der Waals surface area contributed by atoms with E-state index in [2.05, 4.69) is 18.2 Å². The average molecular weight is 409 g/mol. The minimum Gasteiger partial charge on any atom is -0.493 e. The lowest BCUT2D eigenvalue weighted by Crippen LogP contribution is -2.35. The Morgan fingerprint density at radius 2 is 1.77 bits per heavy atom. The van der Waals surface area contributed by atoms with Crippen LogP contribution in [0.2, 0.25) is 0 Å². The quantitative estimate of drug-likeness (QED) is 0.576. The Kier molecular flexibility index (Phi) is 8.29. The molecular weight excluding hydrogens is 376 g/mol. The molecule has 0 bridgehead atoms. The molecule has 5 nitrogen and oxygen atoms in total. The summed E-state index contributed by atoms with van der Waals surface area (Å²) in [7, 11) is 4.99. The van der Waals surface area contributed by atoms with E-state index in [-0.39, 0.29) is 11.8 Å². The number of benzene rings is 2. The molecule has 2 rings (SSSR count). The van der Waals surface area contributed by atoms with Gasteiger partial charge in [0.1, 0.15) is 0 Å². The molecule has 0 aliphatic carbocycles. The summed E-state index contributed by atoms with van der Waals surface area (Å²) in [4.78, 5) is 14.5. The molecule has 5 heteroatoms. The first kappa shape index (κ1) is 23.3. The molecule has 2 aromatic carbocycles. The molecule has 0 heterocycles. The van der Waals surface area contributed by atoms with Gasteiger partial charge in [0.2, 0.25) is 5.91 Å². The van der Waals surface area contributed by atoms with E-state index in [0.29, 0.717) is 30.9 Å². The van der Waals surface area contributed by atoms with Crippen molar-refractivity contribution in [1.82, 2.24) is 4.90 Å². The third kappa shape index (κ3) is 5.33. The normalized spacial score (nSPS) is 12.7. The van der Waals surface area contributed by atoms with Gasteiger partial charge in [-0.2, -0.15) is 5.26 Å². The second-order valence-electron chi connectivity index (χ2n) is 7.86. The van der Waals surface area contributed by atoms with Crippen LogP contribution in [0.1, 0.15) is 37.8 Å². The van der Waals surface area contributed by atoms with Crippen molar-refractivity contribution < 1.29 is 14.3 Å². The largest absolute Gasteiger partial charge is 0.493 e. The number of nitrogens with zero attached hydrogens (tertiary/aromatic N) is 2. The number of ether oxygens (including phenoxy) is 2. The Balaban J connectivity index is 2.13. The summed E-state index contributed by atoms with van der Waals surface area (Å²) >= 11 is 0. The predicted octanol–water partition coefficient (Wildman–Crippen LogP) is 4.60. The van der Waals surface area contributed by atoms with E-state index in [0.717, 1.165) is 12.0 Å². The zero-order valence-electron chi connectivity index (χ0n) is 18.6. The number of hydrogen-bond acceptors (Lipinski definition) is 4. The Labute approximate surface area is 180 Å². The first-order valence-electron chi connectivity index (χ1n) is 10.3. The summed E-state index contributed by atoms with van der Waals surface area (Å²) in [6.45, 7) is 4.69. The maximum Gasteiger partial charge on any atom is 0.222 e. The zero-order chi connectivity index (χ0) is 22.1. The Morgan fingerprint density at radius 3 is 2.33 bits per heavy atom. The van der Waals surface area contributed by atoms with Crippen LogP contribution in [-0.4, -0.2) is 38.6 Å². The van der Waals surface area contributed by atoms with Crippen molar-refractivity contribution in [2.75, 3.05) is 27.8 Å². The fraction of sp³-hybridized carbons (Fsp3) is 0.440. The molecule has 0 saturated carbocycles. The predicted molar refractivity (Wildman–Crippen MR) is 119 cm³/mol. The highest BCUT2D eigenvalue weighted by Crippen LogP contribution is 2.40. The van der Waals surface area contributed by atoms with Crippen LogP contribution in [0.25, 0.3) is 0 Å². The Hall–Kier alpha value is -3.00.